The molecule has 0 unspecified atom stereocenters. The molecule has 1 aromatic rings. The molecule has 0 amide bonds. The Morgan fingerprint density at radius 2 is 2.23 bits per heavy atom. The zero-order chi connectivity index (χ0) is 9.68. The van der Waals surface area contributed by atoms with Gasteiger partial charge in [-0.2, -0.15) is 5.26 Å². The molecule has 0 aliphatic carbocycles. The molecule has 0 bridgehead atoms. The topological polar surface area (TPSA) is 33.0 Å². The number of benzene rings is 1. The third kappa shape index (κ3) is 2.50. The molecule has 0 saturated carbocycles. The first kappa shape index (κ1) is 9.64. The maximum Gasteiger partial charge on any atom is 0.152 e. The molecule has 0 N–H and O–H groups in total. The molecule has 0 spiro atoms. The van der Waals surface area contributed by atoms with Gasteiger partial charge in [0.1, 0.15) is 5.75 Å². The Kier molecular flexibility index (Phi) is 3.37. The van der Waals surface area contributed by atoms with Crippen molar-refractivity contribution in [2.45, 2.75) is 0 Å². The Morgan fingerprint density at radius 1 is 1.46 bits per heavy atom. The van der Waals surface area contributed by atoms with Crippen LogP contribution in [0, 0.1) is 23.2 Å². The Balaban J connectivity index is 3.04. The fourth-order valence-electron chi connectivity index (χ4n) is 0.844. The Labute approximate surface area is 85.3 Å². The molecule has 1 aromatic carbocycles. The highest BCUT2D eigenvalue weighted by atomic mass is 79.9. The Bertz CT molecular complexity index is 409. The predicted octanol–water partition coefficient (Wildman–Crippen LogP) is 2.33. The molecule has 64 valence electrons. The molecule has 3 heteroatoms. The number of hydrogen-bond donors (Lipinski definition) is 0. The van der Waals surface area contributed by atoms with E-state index in [0.29, 0.717) is 0 Å². The van der Waals surface area contributed by atoms with Crippen molar-refractivity contribution in [2.24, 2.45) is 0 Å². The molecule has 0 radical (unpaired) electrons. The summed E-state index contributed by atoms with van der Waals surface area (Å²) < 4.78 is 5.88. The molecule has 13 heavy (non-hydrogen) atoms. The molecule has 0 atom stereocenters. The van der Waals surface area contributed by atoms with Crippen molar-refractivity contribution in [3.8, 4) is 23.7 Å². The maximum atomic E-state index is 8.24. The fraction of sp³-hybridized carbons (Fsp3) is 0.100. The van der Waals surface area contributed by atoms with E-state index in [2.05, 4.69) is 27.8 Å². The summed E-state index contributed by atoms with van der Waals surface area (Å²) in [5.74, 6) is 5.77. The van der Waals surface area contributed by atoms with Crippen LogP contribution in [0.4, 0.5) is 0 Å². The van der Waals surface area contributed by atoms with E-state index in [1.165, 1.54) is 0 Å². The van der Waals surface area contributed by atoms with Crippen molar-refractivity contribution < 1.29 is 4.74 Å². The summed E-state index contributed by atoms with van der Waals surface area (Å²) in [5, 5.41) is 8.24. The minimum Gasteiger partial charge on any atom is -0.496 e. The van der Waals surface area contributed by atoms with Crippen LogP contribution in [0.1, 0.15) is 5.56 Å². The number of nitriles is 1. The molecular formula is C10H6BrNO. The lowest BCUT2D eigenvalue weighted by Gasteiger charge is -2.01. The maximum absolute atomic E-state index is 8.24. The van der Waals surface area contributed by atoms with Gasteiger partial charge in [-0.05, 0) is 34.1 Å². The summed E-state index contributed by atoms with van der Waals surface area (Å²) in [4.78, 5) is 0. The van der Waals surface area contributed by atoms with Crippen LogP contribution in [-0.2, 0) is 0 Å². The highest BCUT2D eigenvalue weighted by molar-refractivity contribution is 9.10. The first-order valence-corrected chi connectivity index (χ1v) is 4.31. The van der Waals surface area contributed by atoms with Gasteiger partial charge in [-0.3, -0.25) is 0 Å². The van der Waals surface area contributed by atoms with Crippen molar-refractivity contribution in [1.29, 1.82) is 5.26 Å². The summed E-state index contributed by atoms with van der Waals surface area (Å²) in [6, 6.07) is 7.16. The first-order valence-electron chi connectivity index (χ1n) is 3.51. The molecule has 0 aliphatic rings. The summed E-state index contributed by atoms with van der Waals surface area (Å²) in [6.45, 7) is 0. The van der Waals surface area contributed by atoms with Gasteiger partial charge in [-0.1, -0.05) is 5.92 Å². The zero-order valence-electron chi connectivity index (χ0n) is 6.97. The summed E-state index contributed by atoms with van der Waals surface area (Å²) in [6.07, 6.45) is 0. The van der Waals surface area contributed by atoms with E-state index < -0.39 is 0 Å². The third-order valence-electron chi connectivity index (χ3n) is 1.41. The second kappa shape index (κ2) is 4.54. The molecule has 0 saturated heterocycles. The molecule has 0 heterocycles. The lowest BCUT2D eigenvalue weighted by atomic mass is 10.2. The largest absolute Gasteiger partial charge is 0.496 e. The van der Waals surface area contributed by atoms with Crippen LogP contribution in [0.2, 0.25) is 0 Å². The SMILES string of the molecule is COc1ccc(C#CC#N)cc1Br. The van der Waals surface area contributed by atoms with E-state index in [9.17, 15) is 0 Å². The smallest absolute Gasteiger partial charge is 0.152 e. The van der Waals surface area contributed by atoms with E-state index in [-0.39, 0.29) is 0 Å². The van der Waals surface area contributed by atoms with Gasteiger partial charge in [0.25, 0.3) is 0 Å². The summed E-state index contributed by atoms with van der Waals surface area (Å²) in [5.41, 5.74) is 0.786. The number of methoxy groups -OCH3 is 1. The first-order chi connectivity index (χ1) is 6.27. The van der Waals surface area contributed by atoms with Gasteiger partial charge in [-0.15, -0.1) is 0 Å². The van der Waals surface area contributed by atoms with Crippen molar-refractivity contribution in [3.63, 3.8) is 0 Å². The number of rotatable bonds is 1. The normalized spacial score (nSPS) is 8.08. The van der Waals surface area contributed by atoms with Gasteiger partial charge in [0, 0.05) is 11.5 Å². The standard InChI is InChI=1S/C10H6BrNO/c1-13-10-5-4-8(3-2-6-12)7-9(10)11/h4-5,7H,1H3. The van der Waals surface area contributed by atoms with Gasteiger partial charge in [0.2, 0.25) is 0 Å². The van der Waals surface area contributed by atoms with Crippen LogP contribution in [0.15, 0.2) is 22.7 Å². The second-order valence-corrected chi connectivity index (χ2v) is 3.07. The number of nitrogens with zero attached hydrogens (tertiary/aromatic N) is 1. The molecule has 1 rings (SSSR count). The van der Waals surface area contributed by atoms with Crippen LogP contribution >= 0.6 is 15.9 Å². The number of hydrogen-bond acceptors (Lipinski definition) is 2. The zero-order valence-corrected chi connectivity index (χ0v) is 8.55. The second-order valence-electron chi connectivity index (χ2n) is 2.21. The van der Waals surface area contributed by atoms with E-state index in [1.807, 2.05) is 6.07 Å². The summed E-state index contributed by atoms with van der Waals surface area (Å²) >= 11 is 3.32. The van der Waals surface area contributed by atoms with E-state index in [4.69, 9.17) is 10.00 Å². The molecule has 0 fully saturated rings. The van der Waals surface area contributed by atoms with Crippen molar-refractivity contribution in [1.82, 2.24) is 0 Å². The quantitative estimate of drug-likeness (QED) is 0.701. The van der Waals surface area contributed by atoms with E-state index >= 15 is 0 Å². The average Bonchev–Trinajstić information content (AvgIpc) is 2.15. The average molecular weight is 236 g/mol. The monoisotopic (exact) mass is 235 g/mol. The van der Waals surface area contributed by atoms with Gasteiger partial charge in [0.05, 0.1) is 11.6 Å². The van der Waals surface area contributed by atoms with Gasteiger partial charge >= 0.3 is 0 Å². The lowest BCUT2D eigenvalue weighted by molar-refractivity contribution is 0.412. The molecule has 0 aliphatic heterocycles. The van der Waals surface area contributed by atoms with Crippen molar-refractivity contribution in [3.05, 3.63) is 28.2 Å². The van der Waals surface area contributed by atoms with Crippen molar-refractivity contribution in [2.75, 3.05) is 7.11 Å². The minimum absolute atomic E-state index is 0.752. The Morgan fingerprint density at radius 3 is 2.77 bits per heavy atom. The summed E-state index contributed by atoms with van der Waals surface area (Å²) in [7, 11) is 1.60. The van der Waals surface area contributed by atoms with E-state index in [1.54, 1.807) is 25.3 Å². The van der Waals surface area contributed by atoms with Crippen molar-refractivity contribution >= 4 is 15.9 Å². The van der Waals surface area contributed by atoms with Gasteiger partial charge in [-0.25, -0.2) is 0 Å². The highest BCUT2D eigenvalue weighted by Crippen LogP contribution is 2.24. The Hall–Kier alpha value is -1.45. The molecule has 2 nitrogen and oxygen atoms in total. The lowest BCUT2D eigenvalue weighted by Crippen LogP contribution is -1.84. The van der Waals surface area contributed by atoms with Crippen LogP contribution in [0.5, 0.6) is 5.75 Å². The van der Waals surface area contributed by atoms with E-state index in [0.717, 1.165) is 15.8 Å². The van der Waals surface area contributed by atoms with Crippen LogP contribution < -0.4 is 4.74 Å². The molecular weight excluding hydrogens is 230 g/mol. The highest BCUT2D eigenvalue weighted by Gasteiger charge is 1.98. The fourth-order valence-corrected chi connectivity index (χ4v) is 1.38. The van der Waals surface area contributed by atoms with Gasteiger partial charge in [0.15, 0.2) is 6.07 Å². The van der Waals surface area contributed by atoms with Crippen LogP contribution in [-0.4, -0.2) is 7.11 Å². The third-order valence-corrected chi connectivity index (χ3v) is 2.03. The van der Waals surface area contributed by atoms with Crippen LogP contribution in [0.3, 0.4) is 0 Å². The molecule has 0 aromatic heterocycles. The minimum atomic E-state index is 0.752. The number of halogens is 1. The van der Waals surface area contributed by atoms with Crippen LogP contribution in [0.25, 0.3) is 0 Å². The predicted molar refractivity (Wildman–Crippen MR) is 53.2 cm³/mol. The van der Waals surface area contributed by atoms with Gasteiger partial charge < -0.3 is 4.74 Å². The number of ether oxygens (including phenoxy) is 1.